The van der Waals surface area contributed by atoms with Crippen molar-refractivity contribution < 1.29 is 8.83 Å². The third-order valence-electron chi connectivity index (χ3n) is 9.74. The second-order valence-corrected chi connectivity index (χ2v) is 13.9. The lowest BCUT2D eigenvalue weighted by molar-refractivity contribution is 0.668. The molecule has 0 saturated heterocycles. The predicted molar refractivity (Wildman–Crippen MR) is 209 cm³/mol. The predicted octanol–water partition coefficient (Wildman–Crippen LogP) is 12.7. The summed E-state index contributed by atoms with van der Waals surface area (Å²) in [5, 5.41) is 6.82. The molecule has 0 aliphatic rings. The van der Waals surface area contributed by atoms with Crippen LogP contribution in [0, 0.1) is 0 Å². The minimum atomic E-state index is 0.579. The van der Waals surface area contributed by atoms with E-state index in [-0.39, 0.29) is 0 Å². The number of fused-ring (bicyclic) bond motifs is 9. The number of hydrogen-bond acceptors (Lipinski definition) is 6. The molecule has 0 N–H and O–H groups in total. The average Bonchev–Trinajstić information content (AvgIpc) is 3.88. The summed E-state index contributed by atoms with van der Waals surface area (Å²) in [4.78, 5) is 15.0. The van der Waals surface area contributed by atoms with Gasteiger partial charge in [0.1, 0.15) is 22.3 Å². The van der Waals surface area contributed by atoms with Gasteiger partial charge in [0, 0.05) is 58.4 Å². The average molecular weight is 672 g/mol. The Bertz CT molecular complexity index is 3160. The van der Waals surface area contributed by atoms with Crippen molar-refractivity contribution in [1.29, 1.82) is 0 Å². The molecule has 7 aromatic carbocycles. The van der Waals surface area contributed by atoms with E-state index in [1.165, 1.54) is 25.7 Å². The summed E-state index contributed by atoms with van der Waals surface area (Å²) >= 11 is 1.84. The van der Waals surface area contributed by atoms with E-state index in [2.05, 4.69) is 84.9 Å². The van der Waals surface area contributed by atoms with Crippen LogP contribution in [-0.4, -0.2) is 15.0 Å². The highest BCUT2D eigenvalue weighted by molar-refractivity contribution is 7.25. The van der Waals surface area contributed by atoms with Crippen LogP contribution in [-0.2, 0) is 0 Å². The summed E-state index contributed by atoms with van der Waals surface area (Å²) in [6.45, 7) is 0. The minimum absolute atomic E-state index is 0.579. The Morgan fingerprint density at radius 3 is 1.65 bits per heavy atom. The normalized spacial score (nSPS) is 11.9. The van der Waals surface area contributed by atoms with Crippen LogP contribution in [0.15, 0.2) is 160 Å². The molecular weight excluding hydrogens is 647 g/mol. The lowest BCUT2D eigenvalue weighted by Crippen LogP contribution is -2.00. The molecule has 4 heterocycles. The fourth-order valence-electron chi connectivity index (χ4n) is 7.22. The number of aromatic nitrogens is 3. The maximum atomic E-state index is 6.45. The highest BCUT2D eigenvalue weighted by atomic mass is 32.1. The number of benzene rings is 7. The lowest BCUT2D eigenvalue weighted by Gasteiger charge is -2.08. The molecule has 0 aliphatic heterocycles. The van der Waals surface area contributed by atoms with Crippen LogP contribution in [0.2, 0.25) is 0 Å². The van der Waals surface area contributed by atoms with Crippen molar-refractivity contribution in [3.05, 3.63) is 152 Å². The number of rotatable bonds is 4. The van der Waals surface area contributed by atoms with Gasteiger partial charge in [0.15, 0.2) is 17.5 Å². The fourth-order valence-corrected chi connectivity index (χ4v) is 8.36. The molecule has 5 nitrogen and oxygen atoms in total. The van der Waals surface area contributed by atoms with Crippen molar-refractivity contribution in [1.82, 2.24) is 15.0 Å². The summed E-state index contributed by atoms with van der Waals surface area (Å²) in [6, 6.07) is 52.3. The standard InChI is InChI=1S/C45H25N3O2S/c1-2-8-26(9-3-1)43-46-44(29-17-21-38-36(23-29)31-10-4-6-12-37(31)49-38)48-45(47-43)30-15-18-32-35-22-27(16-20-39(35)50-40(32)24-30)28-14-19-34-33-11-5-7-13-41(33)51-42(34)25-28/h1-25H. The van der Waals surface area contributed by atoms with E-state index < -0.39 is 0 Å². The SMILES string of the molecule is c1ccc(-c2nc(-c3ccc4c(c3)oc3ccc(-c5ccc6c(c5)sc5ccccc56)cc34)nc(-c3ccc4oc5ccccc5c4c3)n2)cc1. The second kappa shape index (κ2) is 10.9. The van der Waals surface area contributed by atoms with Crippen LogP contribution in [0.4, 0.5) is 0 Å². The minimum Gasteiger partial charge on any atom is -0.456 e. The van der Waals surface area contributed by atoms with Crippen molar-refractivity contribution in [2.24, 2.45) is 0 Å². The molecule has 0 amide bonds. The molecule has 11 aromatic rings. The Hall–Kier alpha value is -6.63. The number of para-hydroxylation sites is 1. The molecule has 4 aromatic heterocycles. The number of furan rings is 2. The van der Waals surface area contributed by atoms with Gasteiger partial charge in [0.2, 0.25) is 0 Å². The van der Waals surface area contributed by atoms with Gasteiger partial charge in [0.05, 0.1) is 0 Å². The summed E-state index contributed by atoms with van der Waals surface area (Å²) in [5.41, 5.74) is 8.33. The van der Waals surface area contributed by atoms with E-state index >= 15 is 0 Å². The molecule has 0 aliphatic carbocycles. The van der Waals surface area contributed by atoms with Gasteiger partial charge in [-0.25, -0.2) is 15.0 Å². The molecule has 0 saturated carbocycles. The Balaban J connectivity index is 1.02. The van der Waals surface area contributed by atoms with E-state index in [0.717, 1.165) is 66.1 Å². The Kier molecular flexibility index (Phi) is 6.05. The van der Waals surface area contributed by atoms with Crippen molar-refractivity contribution in [2.75, 3.05) is 0 Å². The Morgan fingerprint density at radius 2 is 0.824 bits per heavy atom. The second-order valence-electron chi connectivity index (χ2n) is 12.8. The highest BCUT2D eigenvalue weighted by Crippen LogP contribution is 2.39. The van der Waals surface area contributed by atoms with E-state index in [0.29, 0.717) is 17.5 Å². The Morgan fingerprint density at radius 1 is 0.314 bits per heavy atom. The van der Waals surface area contributed by atoms with Crippen LogP contribution >= 0.6 is 11.3 Å². The van der Waals surface area contributed by atoms with Crippen molar-refractivity contribution in [3.63, 3.8) is 0 Å². The van der Waals surface area contributed by atoms with Crippen LogP contribution in [0.1, 0.15) is 0 Å². The van der Waals surface area contributed by atoms with E-state index in [4.69, 9.17) is 23.8 Å². The molecule has 6 heteroatoms. The highest BCUT2D eigenvalue weighted by Gasteiger charge is 2.17. The van der Waals surface area contributed by atoms with Crippen LogP contribution in [0.5, 0.6) is 0 Å². The number of hydrogen-bond donors (Lipinski definition) is 0. The monoisotopic (exact) mass is 671 g/mol. The van der Waals surface area contributed by atoms with Gasteiger partial charge in [-0.1, -0.05) is 91.0 Å². The zero-order chi connectivity index (χ0) is 33.5. The van der Waals surface area contributed by atoms with Crippen LogP contribution < -0.4 is 0 Å². The van der Waals surface area contributed by atoms with Gasteiger partial charge < -0.3 is 8.83 Å². The first-order valence-electron chi connectivity index (χ1n) is 16.8. The third kappa shape index (κ3) is 4.58. The number of nitrogens with zero attached hydrogens (tertiary/aromatic N) is 3. The lowest BCUT2D eigenvalue weighted by atomic mass is 10.0. The topological polar surface area (TPSA) is 65.0 Å². The smallest absolute Gasteiger partial charge is 0.164 e. The largest absolute Gasteiger partial charge is 0.456 e. The summed E-state index contributed by atoms with van der Waals surface area (Å²) < 4.78 is 15.1. The molecule has 0 spiro atoms. The molecule has 0 unspecified atom stereocenters. The van der Waals surface area contributed by atoms with Gasteiger partial charge in [-0.3, -0.25) is 0 Å². The van der Waals surface area contributed by atoms with Gasteiger partial charge in [0.25, 0.3) is 0 Å². The van der Waals surface area contributed by atoms with Crippen molar-refractivity contribution >= 4 is 75.4 Å². The summed E-state index contributed by atoms with van der Waals surface area (Å²) in [7, 11) is 0. The van der Waals surface area contributed by atoms with Crippen LogP contribution in [0.3, 0.4) is 0 Å². The summed E-state index contributed by atoms with van der Waals surface area (Å²) in [5.74, 6) is 1.78. The van der Waals surface area contributed by atoms with E-state index in [1.54, 1.807) is 0 Å². The fraction of sp³-hybridized carbons (Fsp3) is 0. The van der Waals surface area contributed by atoms with Gasteiger partial charge in [-0.05, 0) is 71.8 Å². The first-order chi connectivity index (χ1) is 25.2. The zero-order valence-corrected chi connectivity index (χ0v) is 27.8. The molecule has 0 atom stereocenters. The zero-order valence-electron chi connectivity index (χ0n) is 27.0. The number of thiophene rings is 1. The molecule has 0 radical (unpaired) electrons. The molecule has 0 fully saturated rings. The van der Waals surface area contributed by atoms with Crippen LogP contribution in [0.25, 0.3) is 109 Å². The van der Waals surface area contributed by atoms with Crippen molar-refractivity contribution in [2.45, 2.75) is 0 Å². The molecule has 51 heavy (non-hydrogen) atoms. The molecule has 11 rings (SSSR count). The van der Waals surface area contributed by atoms with E-state index in [1.807, 2.05) is 78.1 Å². The molecule has 0 bridgehead atoms. The molecular formula is C45H25N3O2S. The first kappa shape index (κ1) is 28.2. The van der Waals surface area contributed by atoms with Gasteiger partial charge in [-0.2, -0.15) is 0 Å². The van der Waals surface area contributed by atoms with E-state index in [9.17, 15) is 0 Å². The van der Waals surface area contributed by atoms with Crippen molar-refractivity contribution in [3.8, 4) is 45.3 Å². The third-order valence-corrected chi connectivity index (χ3v) is 10.9. The van der Waals surface area contributed by atoms with Gasteiger partial charge in [-0.15, -0.1) is 11.3 Å². The summed E-state index contributed by atoms with van der Waals surface area (Å²) in [6.07, 6.45) is 0. The quantitative estimate of drug-likeness (QED) is 0.186. The van der Waals surface area contributed by atoms with Gasteiger partial charge >= 0.3 is 0 Å². The Labute approximate surface area is 295 Å². The first-order valence-corrected chi connectivity index (χ1v) is 17.7. The molecule has 238 valence electrons. The maximum absolute atomic E-state index is 6.45. The maximum Gasteiger partial charge on any atom is 0.164 e.